The molecule has 2 aromatic rings. The van der Waals surface area contributed by atoms with Crippen molar-refractivity contribution < 1.29 is 9.53 Å². The Labute approximate surface area is 166 Å². The minimum atomic E-state index is 0. The lowest BCUT2D eigenvalue weighted by Gasteiger charge is -2.37. The number of para-hydroxylation sites is 2. The Morgan fingerprint density at radius 3 is 2.78 bits per heavy atom. The second kappa shape index (κ2) is 8.74. The third-order valence-corrected chi connectivity index (χ3v) is 5.38. The molecule has 0 aromatic heterocycles. The first-order chi connectivity index (χ1) is 12.8. The van der Waals surface area contributed by atoms with Gasteiger partial charge in [-0.25, -0.2) is 0 Å². The number of methoxy groups -OCH3 is 1. The summed E-state index contributed by atoms with van der Waals surface area (Å²) in [6.07, 6.45) is 0.944. The highest BCUT2D eigenvalue weighted by atomic mass is 35.5. The van der Waals surface area contributed by atoms with Crippen molar-refractivity contribution in [1.29, 1.82) is 0 Å². The van der Waals surface area contributed by atoms with Crippen molar-refractivity contribution in [2.75, 3.05) is 44.7 Å². The summed E-state index contributed by atoms with van der Waals surface area (Å²) in [5, 5.41) is 3.45. The summed E-state index contributed by atoms with van der Waals surface area (Å²) in [4.78, 5) is 17.3. The maximum Gasteiger partial charge on any atom is 0.241 e. The number of hydrogen-bond acceptors (Lipinski definition) is 4. The third-order valence-electron chi connectivity index (χ3n) is 5.38. The van der Waals surface area contributed by atoms with Crippen LogP contribution in [0.1, 0.15) is 17.2 Å². The Balaban J connectivity index is 0.00000210. The number of nitrogens with zero attached hydrogens (tertiary/aromatic N) is 2. The molecule has 6 heteroatoms. The summed E-state index contributed by atoms with van der Waals surface area (Å²) in [5.41, 5.74) is 3.47. The van der Waals surface area contributed by atoms with Gasteiger partial charge in [-0.2, -0.15) is 0 Å². The van der Waals surface area contributed by atoms with Gasteiger partial charge in [0.1, 0.15) is 5.75 Å². The van der Waals surface area contributed by atoms with Gasteiger partial charge in [0.15, 0.2) is 0 Å². The highest BCUT2D eigenvalue weighted by Crippen LogP contribution is 2.31. The van der Waals surface area contributed by atoms with E-state index in [4.69, 9.17) is 4.74 Å². The van der Waals surface area contributed by atoms with Crippen molar-refractivity contribution in [2.24, 2.45) is 0 Å². The van der Waals surface area contributed by atoms with E-state index < -0.39 is 0 Å². The fraction of sp³-hybridized carbons (Fsp3) is 0.381. The average Bonchev–Trinajstić information content (AvgIpc) is 3.13. The molecular formula is C21H26ClN3O2. The number of piperazine rings is 1. The van der Waals surface area contributed by atoms with E-state index in [0.717, 1.165) is 49.6 Å². The second-order valence-corrected chi connectivity index (χ2v) is 6.86. The number of carbonyl (C=O) groups excluding carboxylic acids is 1. The van der Waals surface area contributed by atoms with E-state index in [2.05, 4.69) is 28.4 Å². The van der Waals surface area contributed by atoms with Crippen molar-refractivity contribution in [3.05, 3.63) is 59.7 Å². The summed E-state index contributed by atoms with van der Waals surface area (Å²) in [7, 11) is 1.70. The number of rotatable bonds is 4. The first-order valence-corrected chi connectivity index (χ1v) is 9.24. The molecule has 2 heterocycles. The number of anilines is 1. The van der Waals surface area contributed by atoms with Crippen LogP contribution in [0.25, 0.3) is 0 Å². The molecule has 1 fully saturated rings. The summed E-state index contributed by atoms with van der Waals surface area (Å²) in [5.74, 6) is 1.06. The van der Waals surface area contributed by atoms with Crippen LogP contribution in [0, 0.1) is 0 Å². The lowest BCUT2D eigenvalue weighted by atomic mass is 10.0. The Morgan fingerprint density at radius 1 is 1.15 bits per heavy atom. The topological polar surface area (TPSA) is 44.8 Å². The van der Waals surface area contributed by atoms with Crippen molar-refractivity contribution >= 4 is 24.0 Å². The summed E-state index contributed by atoms with van der Waals surface area (Å²) in [6, 6.07) is 16.5. The van der Waals surface area contributed by atoms with E-state index in [1.807, 2.05) is 35.2 Å². The molecule has 0 saturated carbocycles. The van der Waals surface area contributed by atoms with Crippen LogP contribution < -0.4 is 15.0 Å². The first-order valence-electron chi connectivity index (χ1n) is 9.24. The zero-order valence-electron chi connectivity index (χ0n) is 15.6. The van der Waals surface area contributed by atoms with Gasteiger partial charge in [-0.15, -0.1) is 12.4 Å². The van der Waals surface area contributed by atoms with Gasteiger partial charge in [0.2, 0.25) is 5.91 Å². The number of carbonyl (C=O) groups is 1. The molecule has 1 saturated heterocycles. The van der Waals surface area contributed by atoms with Gasteiger partial charge in [-0.1, -0.05) is 36.4 Å². The van der Waals surface area contributed by atoms with E-state index in [9.17, 15) is 4.79 Å². The maximum atomic E-state index is 13.0. The summed E-state index contributed by atoms with van der Waals surface area (Å²) >= 11 is 0. The van der Waals surface area contributed by atoms with Gasteiger partial charge in [-0.05, 0) is 24.1 Å². The lowest BCUT2D eigenvalue weighted by molar-refractivity contribution is -0.120. The average molecular weight is 388 g/mol. The molecule has 144 valence electrons. The van der Waals surface area contributed by atoms with Crippen molar-refractivity contribution in [1.82, 2.24) is 10.2 Å². The van der Waals surface area contributed by atoms with E-state index in [1.165, 1.54) is 5.56 Å². The first kappa shape index (κ1) is 19.7. The monoisotopic (exact) mass is 387 g/mol. The molecule has 1 amide bonds. The highest BCUT2D eigenvalue weighted by Gasteiger charge is 2.31. The minimum absolute atomic E-state index is 0. The van der Waals surface area contributed by atoms with Crippen LogP contribution in [0.5, 0.6) is 5.75 Å². The molecule has 0 radical (unpaired) electrons. The molecule has 0 bridgehead atoms. The van der Waals surface area contributed by atoms with Crippen LogP contribution in [0.4, 0.5) is 5.69 Å². The molecular weight excluding hydrogens is 362 g/mol. The maximum absolute atomic E-state index is 13.0. The molecule has 27 heavy (non-hydrogen) atoms. The van der Waals surface area contributed by atoms with Gasteiger partial charge >= 0.3 is 0 Å². The van der Waals surface area contributed by atoms with E-state index in [1.54, 1.807) is 7.11 Å². The van der Waals surface area contributed by atoms with Gasteiger partial charge in [0.05, 0.1) is 19.7 Å². The van der Waals surface area contributed by atoms with E-state index in [-0.39, 0.29) is 24.4 Å². The second-order valence-electron chi connectivity index (χ2n) is 6.86. The van der Waals surface area contributed by atoms with Crippen molar-refractivity contribution in [3.63, 3.8) is 0 Å². The van der Waals surface area contributed by atoms with E-state index in [0.29, 0.717) is 6.54 Å². The Hall–Kier alpha value is -2.08. The lowest BCUT2D eigenvalue weighted by Crippen LogP contribution is -2.50. The Morgan fingerprint density at radius 2 is 1.93 bits per heavy atom. The fourth-order valence-corrected chi connectivity index (χ4v) is 4.04. The largest absolute Gasteiger partial charge is 0.496 e. The van der Waals surface area contributed by atoms with Crippen molar-refractivity contribution in [3.8, 4) is 5.75 Å². The summed E-state index contributed by atoms with van der Waals surface area (Å²) < 4.78 is 5.55. The zero-order valence-corrected chi connectivity index (χ0v) is 16.4. The fourth-order valence-electron chi connectivity index (χ4n) is 4.04. The zero-order chi connectivity index (χ0) is 17.9. The Bertz CT molecular complexity index is 799. The van der Waals surface area contributed by atoms with Gasteiger partial charge < -0.3 is 15.0 Å². The molecule has 2 aliphatic rings. The Kier molecular flexibility index (Phi) is 6.37. The molecule has 2 aliphatic heterocycles. The highest BCUT2D eigenvalue weighted by molar-refractivity contribution is 5.96. The van der Waals surface area contributed by atoms with Gasteiger partial charge in [0.25, 0.3) is 0 Å². The number of amides is 1. The quantitative estimate of drug-likeness (QED) is 0.876. The summed E-state index contributed by atoms with van der Waals surface area (Å²) in [6.45, 7) is 3.78. The van der Waals surface area contributed by atoms with Gasteiger partial charge in [-0.3, -0.25) is 9.69 Å². The number of halogens is 1. The normalized spacial score (nSPS) is 19.3. The van der Waals surface area contributed by atoms with E-state index >= 15 is 0 Å². The van der Waals surface area contributed by atoms with Crippen LogP contribution in [0.15, 0.2) is 48.5 Å². The predicted molar refractivity (Wildman–Crippen MR) is 110 cm³/mol. The molecule has 1 unspecified atom stereocenters. The molecule has 4 rings (SSSR count). The van der Waals surface area contributed by atoms with Crippen LogP contribution in [-0.4, -0.2) is 50.6 Å². The number of fused-ring (bicyclic) bond motifs is 1. The van der Waals surface area contributed by atoms with Crippen LogP contribution in [0.2, 0.25) is 0 Å². The molecule has 1 atom stereocenters. The molecule has 5 nitrogen and oxygen atoms in total. The number of hydrogen-bond donors (Lipinski definition) is 1. The molecule has 0 spiro atoms. The molecule has 0 aliphatic carbocycles. The van der Waals surface area contributed by atoms with Crippen LogP contribution >= 0.6 is 12.4 Å². The van der Waals surface area contributed by atoms with Crippen molar-refractivity contribution in [2.45, 2.75) is 12.5 Å². The van der Waals surface area contributed by atoms with Crippen LogP contribution in [0.3, 0.4) is 0 Å². The van der Waals surface area contributed by atoms with Gasteiger partial charge in [0, 0.05) is 37.4 Å². The minimum Gasteiger partial charge on any atom is -0.496 e. The third kappa shape index (κ3) is 3.95. The number of benzene rings is 2. The number of nitrogens with one attached hydrogen (secondary N) is 1. The smallest absolute Gasteiger partial charge is 0.241 e. The SMILES string of the molecule is COc1ccccc1C1CNCCN1CC(=O)N1CCc2ccccc21.Cl. The predicted octanol–water partition coefficient (Wildman–Crippen LogP) is 2.65. The van der Waals surface area contributed by atoms with Crippen LogP contribution in [-0.2, 0) is 11.2 Å². The molecule has 2 aromatic carbocycles. The number of ether oxygens (including phenoxy) is 1. The molecule has 1 N–H and O–H groups in total. The standard InChI is InChI=1S/C21H25N3O2.ClH/c1-26-20-9-5-3-7-17(20)19-14-22-11-13-23(19)15-21(25)24-12-10-16-6-2-4-8-18(16)24;/h2-9,19,22H,10-15H2,1H3;1H.